The Morgan fingerprint density at radius 3 is 2.42 bits per heavy atom. The second-order valence-corrected chi connectivity index (χ2v) is 7.11. The van der Waals surface area contributed by atoms with Gasteiger partial charge in [-0.1, -0.05) is 12.1 Å². The fourth-order valence-corrected chi connectivity index (χ4v) is 3.36. The largest absolute Gasteiger partial charge is 0.416 e. The quantitative estimate of drug-likeness (QED) is 0.470. The fraction of sp³-hybridized carbons (Fsp3) is 0.300. The monoisotopic (exact) mass is 432 g/mol. The molecule has 162 valence electrons. The number of alkyl halides is 3. The maximum Gasteiger partial charge on any atom is 0.416 e. The fourth-order valence-electron chi connectivity index (χ4n) is 3.36. The summed E-state index contributed by atoms with van der Waals surface area (Å²) in [6.45, 7) is 3.14. The van der Waals surface area contributed by atoms with Crippen molar-refractivity contribution < 1.29 is 18.1 Å². The Balaban J connectivity index is 1.64. The maximum atomic E-state index is 12.8. The Hall–Kier alpha value is -3.47. The molecule has 0 spiro atoms. The van der Waals surface area contributed by atoms with Crippen LogP contribution in [0.25, 0.3) is 11.0 Å². The first-order valence-electron chi connectivity index (χ1n) is 9.63. The Labute approximate surface area is 175 Å². The van der Waals surface area contributed by atoms with Gasteiger partial charge >= 0.3 is 6.18 Å². The van der Waals surface area contributed by atoms with Gasteiger partial charge in [-0.3, -0.25) is 10.1 Å². The summed E-state index contributed by atoms with van der Waals surface area (Å²) in [6.07, 6.45) is -4.38. The lowest BCUT2D eigenvalue weighted by molar-refractivity contribution is -0.384. The summed E-state index contributed by atoms with van der Waals surface area (Å²) < 4.78 is 38.3. The number of benzene rings is 2. The molecule has 4 rings (SSSR count). The van der Waals surface area contributed by atoms with Crippen molar-refractivity contribution >= 4 is 28.4 Å². The lowest BCUT2D eigenvalue weighted by Crippen LogP contribution is -2.44. The van der Waals surface area contributed by atoms with Crippen LogP contribution in [0.3, 0.4) is 0 Å². The van der Waals surface area contributed by atoms with E-state index in [0.29, 0.717) is 41.3 Å². The highest BCUT2D eigenvalue weighted by molar-refractivity contribution is 5.82. The van der Waals surface area contributed by atoms with Crippen LogP contribution in [0, 0.1) is 10.1 Å². The Morgan fingerprint density at radius 2 is 1.77 bits per heavy atom. The number of nitro groups is 1. The summed E-state index contributed by atoms with van der Waals surface area (Å²) in [5, 5.41) is 17.5. The average Bonchev–Trinajstić information content (AvgIpc) is 2.77. The van der Waals surface area contributed by atoms with Crippen molar-refractivity contribution in [3.63, 3.8) is 0 Å². The first kappa shape index (κ1) is 20.8. The van der Waals surface area contributed by atoms with Crippen molar-refractivity contribution in [1.29, 1.82) is 0 Å². The number of anilines is 2. The van der Waals surface area contributed by atoms with Crippen molar-refractivity contribution in [2.45, 2.75) is 12.7 Å². The molecule has 0 radical (unpaired) electrons. The number of nitrogens with zero attached hydrogens (tertiary/aromatic N) is 4. The van der Waals surface area contributed by atoms with Gasteiger partial charge < -0.3 is 15.5 Å². The van der Waals surface area contributed by atoms with Crippen LogP contribution in [0.4, 0.5) is 30.5 Å². The molecule has 0 saturated carbocycles. The number of nitro benzene ring substituents is 1. The summed E-state index contributed by atoms with van der Waals surface area (Å²) in [6, 6.07) is 9.19. The molecule has 1 saturated heterocycles. The van der Waals surface area contributed by atoms with E-state index in [2.05, 4.69) is 20.6 Å². The predicted octanol–water partition coefficient (Wildman–Crippen LogP) is 3.58. The molecule has 0 bridgehead atoms. The van der Waals surface area contributed by atoms with Crippen LogP contribution in [0.2, 0.25) is 0 Å². The summed E-state index contributed by atoms with van der Waals surface area (Å²) in [5.74, 6) is 1.03. The van der Waals surface area contributed by atoms with Gasteiger partial charge in [0.1, 0.15) is 0 Å². The number of nitrogens with one attached hydrogen (secondary N) is 2. The number of piperazine rings is 1. The van der Waals surface area contributed by atoms with Crippen molar-refractivity contribution in [2.24, 2.45) is 0 Å². The number of fused-ring (bicyclic) bond motifs is 1. The third-order valence-electron chi connectivity index (χ3n) is 5.00. The van der Waals surface area contributed by atoms with Crippen molar-refractivity contribution in [3.05, 3.63) is 63.7 Å². The van der Waals surface area contributed by atoms with Crippen LogP contribution in [0.15, 0.2) is 42.5 Å². The highest BCUT2D eigenvalue weighted by Gasteiger charge is 2.30. The second-order valence-electron chi connectivity index (χ2n) is 7.11. The molecule has 1 fully saturated rings. The van der Waals surface area contributed by atoms with Crippen LogP contribution in [0.5, 0.6) is 0 Å². The van der Waals surface area contributed by atoms with Crippen LogP contribution >= 0.6 is 0 Å². The third kappa shape index (κ3) is 4.66. The Bertz CT molecular complexity index is 1100. The molecule has 3 aromatic rings. The van der Waals surface area contributed by atoms with E-state index in [9.17, 15) is 23.3 Å². The standard InChI is InChI=1S/C20H19F3N6O2/c21-20(22,23)14-3-1-13(2-4-14)12-25-18-19(28-9-7-24-8-10-28)27-17-11-15(29(30)31)5-6-16(17)26-18/h1-6,11,24H,7-10,12H2,(H,25,26). The number of hydrogen-bond donors (Lipinski definition) is 2. The molecule has 2 N–H and O–H groups in total. The first-order valence-corrected chi connectivity index (χ1v) is 9.63. The average molecular weight is 432 g/mol. The van der Waals surface area contributed by atoms with Gasteiger partial charge in [-0.2, -0.15) is 13.2 Å². The highest BCUT2D eigenvalue weighted by atomic mass is 19.4. The zero-order valence-electron chi connectivity index (χ0n) is 16.3. The smallest absolute Gasteiger partial charge is 0.363 e. The maximum absolute atomic E-state index is 12.8. The number of aromatic nitrogens is 2. The molecule has 1 aliphatic rings. The first-order chi connectivity index (χ1) is 14.8. The number of hydrogen-bond acceptors (Lipinski definition) is 7. The van der Waals surface area contributed by atoms with E-state index >= 15 is 0 Å². The molecular weight excluding hydrogens is 413 g/mol. The minimum Gasteiger partial charge on any atom is -0.363 e. The molecule has 11 heteroatoms. The lowest BCUT2D eigenvalue weighted by atomic mass is 10.1. The predicted molar refractivity (Wildman–Crippen MR) is 110 cm³/mol. The van der Waals surface area contributed by atoms with Gasteiger partial charge in [-0.25, -0.2) is 9.97 Å². The minimum atomic E-state index is -4.38. The molecule has 1 aromatic heterocycles. The summed E-state index contributed by atoms with van der Waals surface area (Å²) >= 11 is 0. The van der Waals surface area contributed by atoms with E-state index in [-0.39, 0.29) is 12.2 Å². The van der Waals surface area contributed by atoms with Crippen molar-refractivity contribution in [1.82, 2.24) is 15.3 Å². The molecule has 31 heavy (non-hydrogen) atoms. The SMILES string of the molecule is O=[N+]([O-])c1ccc2nc(NCc3ccc(C(F)(F)F)cc3)c(N3CCNCC3)nc2c1. The molecule has 0 amide bonds. The topological polar surface area (TPSA) is 96.2 Å². The molecule has 2 heterocycles. The van der Waals surface area contributed by atoms with E-state index in [1.165, 1.54) is 30.3 Å². The minimum absolute atomic E-state index is 0.0708. The van der Waals surface area contributed by atoms with Gasteiger partial charge in [-0.05, 0) is 23.8 Å². The Kier molecular flexibility index (Phi) is 5.59. The van der Waals surface area contributed by atoms with E-state index in [4.69, 9.17) is 0 Å². The normalized spacial score (nSPS) is 14.6. The van der Waals surface area contributed by atoms with Crippen LogP contribution < -0.4 is 15.5 Å². The van der Waals surface area contributed by atoms with E-state index < -0.39 is 16.7 Å². The molecule has 0 unspecified atom stereocenters. The number of halogens is 3. The molecule has 1 aliphatic heterocycles. The third-order valence-corrected chi connectivity index (χ3v) is 5.00. The van der Waals surface area contributed by atoms with Gasteiger partial charge in [-0.15, -0.1) is 0 Å². The van der Waals surface area contributed by atoms with Crippen LogP contribution in [-0.4, -0.2) is 41.1 Å². The van der Waals surface area contributed by atoms with Gasteiger partial charge in [0.2, 0.25) is 0 Å². The van der Waals surface area contributed by atoms with Gasteiger partial charge in [0.25, 0.3) is 5.69 Å². The Morgan fingerprint density at radius 1 is 1.06 bits per heavy atom. The lowest BCUT2D eigenvalue weighted by Gasteiger charge is -2.29. The molecule has 8 nitrogen and oxygen atoms in total. The molecule has 0 atom stereocenters. The van der Waals surface area contributed by atoms with E-state index in [1.807, 2.05) is 4.90 Å². The molecular formula is C20H19F3N6O2. The summed E-state index contributed by atoms with van der Waals surface area (Å²) in [7, 11) is 0. The van der Waals surface area contributed by atoms with Crippen molar-refractivity contribution in [2.75, 3.05) is 36.4 Å². The second kappa shape index (κ2) is 8.34. The highest BCUT2D eigenvalue weighted by Crippen LogP contribution is 2.30. The number of rotatable bonds is 5. The van der Waals surface area contributed by atoms with Gasteiger partial charge in [0.15, 0.2) is 11.6 Å². The zero-order valence-corrected chi connectivity index (χ0v) is 16.3. The van der Waals surface area contributed by atoms with Crippen LogP contribution in [0.1, 0.15) is 11.1 Å². The summed E-state index contributed by atoms with van der Waals surface area (Å²) in [4.78, 5) is 21.8. The summed E-state index contributed by atoms with van der Waals surface area (Å²) in [5.41, 5.74) is 0.774. The zero-order chi connectivity index (χ0) is 22.0. The van der Waals surface area contributed by atoms with Crippen molar-refractivity contribution in [3.8, 4) is 0 Å². The molecule has 2 aromatic carbocycles. The van der Waals surface area contributed by atoms with E-state index in [1.54, 1.807) is 0 Å². The van der Waals surface area contributed by atoms with Crippen LogP contribution in [-0.2, 0) is 12.7 Å². The molecule has 0 aliphatic carbocycles. The van der Waals surface area contributed by atoms with Gasteiger partial charge in [0.05, 0.1) is 21.5 Å². The van der Waals surface area contributed by atoms with Gasteiger partial charge in [0, 0.05) is 44.9 Å². The van der Waals surface area contributed by atoms with E-state index in [0.717, 1.165) is 25.2 Å². The number of non-ortho nitro benzene ring substituents is 1.